The van der Waals surface area contributed by atoms with E-state index in [1.807, 2.05) is 0 Å². The molecule has 1 aliphatic carbocycles. The van der Waals surface area contributed by atoms with Gasteiger partial charge in [0.15, 0.2) is 0 Å². The summed E-state index contributed by atoms with van der Waals surface area (Å²) < 4.78 is 5.20. The van der Waals surface area contributed by atoms with Crippen LogP contribution in [0.4, 0.5) is 0 Å². The van der Waals surface area contributed by atoms with Crippen LogP contribution in [0.25, 0.3) is 0 Å². The summed E-state index contributed by atoms with van der Waals surface area (Å²) in [6.45, 7) is 4.89. The molecule has 1 atom stereocenters. The largest absolute Gasteiger partial charge is 0.495 e. The number of carbonyl (C=O) groups excluding carboxylic acids is 1. The van der Waals surface area contributed by atoms with Gasteiger partial charge in [0.2, 0.25) is 0 Å². The standard InChI is InChI=1S/C17H21NO3/c1-17(2)10-14(17)11-18-16(20)13-6-7-15(21-3)12(9-13)5-4-8-19/h6-7,9,14,19H,8,10-11H2,1-3H3,(H,18,20). The van der Waals surface area contributed by atoms with Crippen molar-refractivity contribution in [3.05, 3.63) is 29.3 Å². The molecular formula is C17H21NO3. The van der Waals surface area contributed by atoms with Gasteiger partial charge in [-0.15, -0.1) is 0 Å². The number of carbonyl (C=O) groups is 1. The SMILES string of the molecule is COc1ccc(C(=O)NCC2CC2(C)C)cc1C#CCO. The predicted molar refractivity (Wildman–Crippen MR) is 81.2 cm³/mol. The third-order valence-corrected chi connectivity index (χ3v) is 3.99. The maximum absolute atomic E-state index is 12.2. The normalized spacial score (nSPS) is 18.4. The summed E-state index contributed by atoms with van der Waals surface area (Å²) in [6, 6.07) is 5.13. The Bertz CT molecular complexity index is 596. The van der Waals surface area contributed by atoms with Crippen molar-refractivity contribution in [2.45, 2.75) is 20.3 Å². The molecule has 0 aromatic heterocycles. The minimum absolute atomic E-state index is 0.104. The summed E-state index contributed by atoms with van der Waals surface area (Å²) in [5, 5.41) is 11.7. The molecule has 1 amide bonds. The molecule has 1 aliphatic rings. The van der Waals surface area contributed by atoms with Crippen molar-refractivity contribution in [3.63, 3.8) is 0 Å². The van der Waals surface area contributed by atoms with Gasteiger partial charge in [-0.2, -0.15) is 0 Å². The zero-order valence-electron chi connectivity index (χ0n) is 12.7. The smallest absolute Gasteiger partial charge is 0.251 e. The van der Waals surface area contributed by atoms with Gasteiger partial charge in [0.05, 0.1) is 12.7 Å². The molecule has 0 bridgehead atoms. The quantitative estimate of drug-likeness (QED) is 0.830. The Hall–Kier alpha value is -1.99. The molecule has 1 aromatic rings. The Balaban J connectivity index is 2.06. The molecule has 112 valence electrons. The molecule has 21 heavy (non-hydrogen) atoms. The molecule has 1 fully saturated rings. The van der Waals surface area contributed by atoms with Crippen molar-refractivity contribution in [2.75, 3.05) is 20.3 Å². The number of amides is 1. The van der Waals surface area contributed by atoms with E-state index in [0.717, 1.165) is 6.42 Å². The zero-order chi connectivity index (χ0) is 15.5. The van der Waals surface area contributed by atoms with Crippen LogP contribution in [0.3, 0.4) is 0 Å². The number of hydrogen-bond acceptors (Lipinski definition) is 3. The van der Waals surface area contributed by atoms with Crippen molar-refractivity contribution < 1.29 is 14.6 Å². The number of ether oxygens (including phenoxy) is 1. The van der Waals surface area contributed by atoms with Crippen molar-refractivity contribution in [1.29, 1.82) is 0 Å². The molecule has 2 N–H and O–H groups in total. The van der Waals surface area contributed by atoms with Gasteiger partial charge in [-0.05, 0) is 36.0 Å². The van der Waals surface area contributed by atoms with Crippen LogP contribution in [-0.4, -0.2) is 31.3 Å². The Labute approximate surface area is 125 Å². The second kappa shape index (κ2) is 6.19. The average Bonchev–Trinajstić information content (AvgIpc) is 3.09. The summed E-state index contributed by atoms with van der Waals surface area (Å²) in [5.74, 6) is 6.42. The third kappa shape index (κ3) is 3.77. The Morgan fingerprint density at radius 2 is 2.24 bits per heavy atom. The molecule has 0 radical (unpaired) electrons. The molecule has 4 heteroatoms. The van der Waals surface area contributed by atoms with E-state index in [1.165, 1.54) is 0 Å². The molecule has 1 unspecified atom stereocenters. The van der Waals surface area contributed by atoms with Gasteiger partial charge >= 0.3 is 0 Å². The summed E-state index contributed by atoms with van der Waals surface area (Å²) in [7, 11) is 1.55. The minimum Gasteiger partial charge on any atom is -0.495 e. The van der Waals surface area contributed by atoms with Crippen molar-refractivity contribution in [2.24, 2.45) is 11.3 Å². The van der Waals surface area contributed by atoms with E-state index in [1.54, 1.807) is 25.3 Å². The molecule has 1 aromatic carbocycles. The first kappa shape index (κ1) is 15.4. The van der Waals surface area contributed by atoms with E-state index in [4.69, 9.17) is 9.84 Å². The number of methoxy groups -OCH3 is 1. The summed E-state index contributed by atoms with van der Waals surface area (Å²) in [6.07, 6.45) is 1.16. The number of benzene rings is 1. The van der Waals surface area contributed by atoms with Crippen LogP contribution in [0.2, 0.25) is 0 Å². The maximum Gasteiger partial charge on any atom is 0.251 e. The van der Waals surface area contributed by atoms with E-state index in [-0.39, 0.29) is 12.5 Å². The van der Waals surface area contributed by atoms with Crippen LogP contribution in [0.1, 0.15) is 36.2 Å². The van der Waals surface area contributed by atoms with Gasteiger partial charge in [0.25, 0.3) is 5.91 Å². The second-order valence-corrected chi connectivity index (χ2v) is 5.97. The fourth-order valence-corrected chi connectivity index (χ4v) is 2.32. The highest BCUT2D eigenvalue weighted by Gasteiger charge is 2.45. The lowest BCUT2D eigenvalue weighted by Gasteiger charge is -2.09. The van der Waals surface area contributed by atoms with E-state index in [9.17, 15) is 4.79 Å². The van der Waals surface area contributed by atoms with E-state index in [0.29, 0.717) is 34.8 Å². The average molecular weight is 287 g/mol. The number of aliphatic hydroxyl groups excluding tert-OH is 1. The third-order valence-electron chi connectivity index (χ3n) is 3.99. The van der Waals surface area contributed by atoms with E-state index < -0.39 is 0 Å². The molecular weight excluding hydrogens is 266 g/mol. The van der Waals surface area contributed by atoms with E-state index in [2.05, 4.69) is 31.0 Å². The molecule has 0 spiro atoms. The van der Waals surface area contributed by atoms with Crippen LogP contribution in [0.15, 0.2) is 18.2 Å². The van der Waals surface area contributed by atoms with Crippen LogP contribution in [-0.2, 0) is 0 Å². The summed E-state index contributed by atoms with van der Waals surface area (Å²) >= 11 is 0. The maximum atomic E-state index is 12.2. The van der Waals surface area contributed by atoms with Gasteiger partial charge in [0.1, 0.15) is 12.4 Å². The van der Waals surface area contributed by atoms with Crippen molar-refractivity contribution in [3.8, 4) is 17.6 Å². The zero-order valence-corrected chi connectivity index (χ0v) is 12.7. The predicted octanol–water partition coefficient (Wildman–Crippen LogP) is 1.81. The van der Waals surface area contributed by atoms with Crippen LogP contribution in [0.5, 0.6) is 5.75 Å². The van der Waals surface area contributed by atoms with Gasteiger partial charge < -0.3 is 15.2 Å². The lowest BCUT2D eigenvalue weighted by molar-refractivity contribution is 0.0950. The first-order valence-corrected chi connectivity index (χ1v) is 7.04. The number of aliphatic hydroxyl groups is 1. The molecule has 4 nitrogen and oxygen atoms in total. The van der Waals surface area contributed by atoms with E-state index >= 15 is 0 Å². The Morgan fingerprint density at radius 1 is 1.52 bits per heavy atom. The van der Waals surface area contributed by atoms with Gasteiger partial charge in [0, 0.05) is 12.1 Å². The van der Waals surface area contributed by atoms with Crippen LogP contribution >= 0.6 is 0 Å². The summed E-state index contributed by atoms with van der Waals surface area (Å²) in [5.41, 5.74) is 1.51. The fraction of sp³-hybridized carbons (Fsp3) is 0.471. The van der Waals surface area contributed by atoms with Crippen molar-refractivity contribution >= 4 is 5.91 Å². The Kier molecular flexibility index (Phi) is 4.54. The molecule has 0 aliphatic heterocycles. The molecule has 0 saturated heterocycles. The first-order chi connectivity index (χ1) is 9.97. The lowest BCUT2D eigenvalue weighted by Crippen LogP contribution is -2.26. The monoisotopic (exact) mass is 287 g/mol. The number of hydrogen-bond donors (Lipinski definition) is 2. The highest BCUT2D eigenvalue weighted by atomic mass is 16.5. The highest BCUT2D eigenvalue weighted by molar-refractivity contribution is 5.94. The van der Waals surface area contributed by atoms with Gasteiger partial charge in [-0.1, -0.05) is 25.7 Å². The van der Waals surface area contributed by atoms with Crippen LogP contribution < -0.4 is 10.1 Å². The number of rotatable bonds is 4. The second-order valence-electron chi connectivity index (χ2n) is 5.97. The molecule has 2 rings (SSSR count). The minimum atomic E-state index is -0.226. The molecule has 0 heterocycles. The van der Waals surface area contributed by atoms with Gasteiger partial charge in [-0.3, -0.25) is 4.79 Å². The summed E-state index contributed by atoms with van der Waals surface area (Å²) in [4.78, 5) is 12.2. The first-order valence-electron chi connectivity index (χ1n) is 7.04. The topological polar surface area (TPSA) is 58.6 Å². The fourth-order valence-electron chi connectivity index (χ4n) is 2.32. The Morgan fingerprint density at radius 3 is 2.81 bits per heavy atom. The molecule has 1 saturated carbocycles. The van der Waals surface area contributed by atoms with Gasteiger partial charge in [-0.25, -0.2) is 0 Å². The van der Waals surface area contributed by atoms with Crippen LogP contribution in [0, 0.1) is 23.2 Å². The highest BCUT2D eigenvalue weighted by Crippen LogP contribution is 2.50. The van der Waals surface area contributed by atoms with Crippen molar-refractivity contribution in [1.82, 2.24) is 5.32 Å². The lowest BCUT2D eigenvalue weighted by atomic mass is 10.1. The number of nitrogens with one attached hydrogen (secondary N) is 1.